The number of rotatable bonds is 9. The lowest BCUT2D eigenvalue weighted by Gasteiger charge is -2.33. The molecule has 0 aromatic carbocycles. The minimum Gasteiger partial charge on any atom is -0.351 e. The average Bonchev–Trinajstić information content (AvgIpc) is 3.06. The molecule has 2 N–H and O–H groups in total. The summed E-state index contributed by atoms with van der Waals surface area (Å²) in [7, 11) is 0. The summed E-state index contributed by atoms with van der Waals surface area (Å²) in [6.07, 6.45) is 11.7. The Morgan fingerprint density at radius 3 is 2.05 bits per heavy atom. The van der Waals surface area contributed by atoms with E-state index in [-0.39, 0.29) is 11.4 Å². The lowest BCUT2D eigenvalue weighted by atomic mass is 9.86. The van der Waals surface area contributed by atoms with Gasteiger partial charge in [-0.2, -0.15) is 15.4 Å². The summed E-state index contributed by atoms with van der Waals surface area (Å²) in [4.78, 5) is 11.7. The number of H-pyrrole nitrogens is 1. The largest absolute Gasteiger partial charge is 0.351 e. The van der Waals surface area contributed by atoms with Gasteiger partial charge < -0.3 is 5.32 Å². The number of aromatic nitrogens is 3. The minimum atomic E-state index is 0.0570. The summed E-state index contributed by atoms with van der Waals surface area (Å²) in [6.45, 7) is 8.63. The molecule has 0 bridgehead atoms. The third-order valence-corrected chi connectivity index (χ3v) is 3.83. The van der Waals surface area contributed by atoms with Crippen LogP contribution >= 0.6 is 0 Å². The second-order valence-electron chi connectivity index (χ2n) is 5.40. The van der Waals surface area contributed by atoms with E-state index in [1.54, 1.807) is 12.4 Å². The minimum absolute atomic E-state index is 0.0570. The van der Waals surface area contributed by atoms with Crippen LogP contribution < -0.4 is 5.32 Å². The summed E-state index contributed by atoms with van der Waals surface area (Å²) in [6, 6.07) is 0. The lowest BCUT2D eigenvalue weighted by Crippen LogP contribution is -2.47. The van der Waals surface area contributed by atoms with Crippen LogP contribution in [0.3, 0.4) is 0 Å². The Morgan fingerprint density at radius 2 is 1.67 bits per heavy atom. The van der Waals surface area contributed by atoms with Crippen LogP contribution in [0.5, 0.6) is 0 Å². The van der Waals surface area contributed by atoms with Crippen LogP contribution in [0.4, 0.5) is 0 Å². The molecule has 0 radical (unpaired) electrons. The van der Waals surface area contributed by atoms with E-state index in [4.69, 9.17) is 0 Å². The van der Waals surface area contributed by atoms with Crippen LogP contribution in [0.2, 0.25) is 0 Å². The van der Waals surface area contributed by atoms with Crippen molar-refractivity contribution in [1.29, 1.82) is 0 Å². The maximum absolute atomic E-state index is 11.7. The Labute approximate surface area is 129 Å². The van der Waals surface area contributed by atoms with Gasteiger partial charge in [0.2, 0.25) is 5.91 Å². The molecule has 0 atom stereocenters. The summed E-state index contributed by atoms with van der Waals surface area (Å²) in [5.41, 5.74) is 0.0570. The maximum Gasteiger partial charge on any atom is 0.220 e. The number of carbonyl (C=O) groups is 1. The standard InChI is InChI=1S/C14H29NO.C2H3N3/c1-5-9-10-12-14(7-3,8-4)15-13(16)11-6-2;1-2-4-5-3-1/h5-12H2,1-4H3,(H,15,16);1-2H,(H,3,4,5). The van der Waals surface area contributed by atoms with Crippen molar-refractivity contribution in [2.45, 2.75) is 84.6 Å². The normalized spacial score (nSPS) is 10.7. The second kappa shape index (κ2) is 12.4. The van der Waals surface area contributed by atoms with Gasteiger partial charge in [0.05, 0.1) is 12.4 Å². The van der Waals surface area contributed by atoms with E-state index in [0.717, 1.165) is 25.7 Å². The summed E-state index contributed by atoms with van der Waals surface area (Å²) >= 11 is 0. The van der Waals surface area contributed by atoms with E-state index in [0.29, 0.717) is 6.42 Å². The number of unbranched alkanes of at least 4 members (excludes halogenated alkanes) is 2. The third-order valence-electron chi connectivity index (χ3n) is 3.83. The molecular weight excluding hydrogens is 264 g/mol. The van der Waals surface area contributed by atoms with Crippen molar-refractivity contribution >= 4 is 5.91 Å². The predicted octanol–water partition coefficient (Wildman–Crippen LogP) is 3.85. The fourth-order valence-corrected chi connectivity index (χ4v) is 2.31. The van der Waals surface area contributed by atoms with E-state index in [1.165, 1.54) is 19.3 Å². The van der Waals surface area contributed by atoms with E-state index >= 15 is 0 Å². The zero-order valence-corrected chi connectivity index (χ0v) is 14.1. The highest BCUT2D eigenvalue weighted by molar-refractivity contribution is 5.76. The first kappa shape index (κ1) is 19.6. The van der Waals surface area contributed by atoms with Crippen LogP contribution in [0.25, 0.3) is 0 Å². The smallest absolute Gasteiger partial charge is 0.220 e. The number of hydrogen-bond acceptors (Lipinski definition) is 3. The van der Waals surface area contributed by atoms with Crippen molar-refractivity contribution in [3.05, 3.63) is 12.4 Å². The van der Waals surface area contributed by atoms with Crippen LogP contribution in [0.1, 0.15) is 79.1 Å². The van der Waals surface area contributed by atoms with Crippen molar-refractivity contribution in [2.24, 2.45) is 0 Å². The molecule has 5 heteroatoms. The quantitative estimate of drug-likeness (QED) is 0.680. The highest BCUT2D eigenvalue weighted by Gasteiger charge is 2.26. The van der Waals surface area contributed by atoms with E-state index in [1.807, 2.05) is 0 Å². The number of aromatic amines is 1. The van der Waals surface area contributed by atoms with Gasteiger partial charge in [0.15, 0.2) is 0 Å². The van der Waals surface area contributed by atoms with Gasteiger partial charge in [-0.3, -0.25) is 4.79 Å². The average molecular weight is 296 g/mol. The Morgan fingerprint density at radius 1 is 1.05 bits per heavy atom. The molecule has 0 saturated heterocycles. The second-order valence-corrected chi connectivity index (χ2v) is 5.40. The van der Waals surface area contributed by atoms with Gasteiger partial charge in [0.25, 0.3) is 0 Å². The molecule has 0 aliphatic carbocycles. The van der Waals surface area contributed by atoms with Crippen molar-refractivity contribution in [3.8, 4) is 0 Å². The number of nitrogens with zero attached hydrogens (tertiary/aromatic N) is 2. The highest BCUT2D eigenvalue weighted by atomic mass is 16.1. The molecule has 1 rings (SSSR count). The topological polar surface area (TPSA) is 70.7 Å². The van der Waals surface area contributed by atoms with E-state index in [9.17, 15) is 4.79 Å². The van der Waals surface area contributed by atoms with Crippen molar-refractivity contribution in [3.63, 3.8) is 0 Å². The van der Waals surface area contributed by atoms with E-state index in [2.05, 4.69) is 48.4 Å². The maximum atomic E-state index is 11.7. The Kier molecular flexibility index (Phi) is 11.5. The zero-order valence-electron chi connectivity index (χ0n) is 14.1. The molecule has 0 spiro atoms. The third kappa shape index (κ3) is 9.21. The van der Waals surface area contributed by atoms with Crippen molar-refractivity contribution < 1.29 is 4.79 Å². The number of amides is 1. The van der Waals surface area contributed by atoms with Crippen LogP contribution in [0.15, 0.2) is 12.4 Å². The fraction of sp³-hybridized carbons (Fsp3) is 0.812. The number of nitrogens with one attached hydrogen (secondary N) is 2. The zero-order chi connectivity index (χ0) is 16.0. The number of carbonyl (C=O) groups excluding carboxylic acids is 1. The van der Waals surface area contributed by atoms with Gasteiger partial charge in [0.1, 0.15) is 0 Å². The molecule has 1 amide bonds. The molecule has 1 aromatic rings. The first-order chi connectivity index (χ1) is 10.1. The Balaban J connectivity index is 0.000000662. The van der Waals surface area contributed by atoms with Gasteiger partial charge >= 0.3 is 0 Å². The van der Waals surface area contributed by atoms with Crippen molar-refractivity contribution in [2.75, 3.05) is 0 Å². The van der Waals surface area contributed by atoms with E-state index < -0.39 is 0 Å². The highest BCUT2D eigenvalue weighted by Crippen LogP contribution is 2.23. The monoisotopic (exact) mass is 296 g/mol. The van der Waals surface area contributed by atoms with Gasteiger partial charge in [-0.1, -0.05) is 47.0 Å². The van der Waals surface area contributed by atoms with Gasteiger partial charge in [-0.05, 0) is 25.7 Å². The summed E-state index contributed by atoms with van der Waals surface area (Å²) < 4.78 is 0. The SMILES string of the molecule is CCCCCC(CC)(CC)NC(=O)CCC.c1cn[nH]n1. The number of hydrogen-bond donors (Lipinski definition) is 2. The summed E-state index contributed by atoms with van der Waals surface area (Å²) in [5.74, 6) is 0.225. The van der Waals surface area contributed by atoms with Crippen molar-refractivity contribution in [1.82, 2.24) is 20.7 Å². The van der Waals surface area contributed by atoms with Crippen LogP contribution in [-0.4, -0.2) is 26.9 Å². The first-order valence-electron chi connectivity index (χ1n) is 8.24. The van der Waals surface area contributed by atoms with Crippen LogP contribution in [0, 0.1) is 0 Å². The molecule has 21 heavy (non-hydrogen) atoms. The van der Waals surface area contributed by atoms with Crippen LogP contribution in [-0.2, 0) is 4.79 Å². The lowest BCUT2D eigenvalue weighted by molar-refractivity contribution is -0.123. The predicted molar refractivity (Wildman–Crippen MR) is 86.9 cm³/mol. The summed E-state index contributed by atoms with van der Waals surface area (Å²) in [5, 5.41) is 12.6. The van der Waals surface area contributed by atoms with Gasteiger partial charge in [-0.25, -0.2) is 0 Å². The van der Waals surface area contributed by atoms with Gasteiger partial charge in [-0.15, -0.1) is 0 Å². The molecule has 0 aliphatic rings. The molecule has 0 saturated carbocycles. The first-order valence-corrected chi connectivity index (χ1v) is 8.24. The molecule has 1 heterocycles. The fourth-order valence-electron chi connectivity index (χ4n) is 2.31. The molecule has 0 aliphatic heterocycles. The Hall–Kier alpha value is -1.39. The van der Waals surface area contributed by atoms with Gasteiger partial charge in [0, 0.05) is 12.0 Å². The molecule has 122 valence electrons. The molecule has 0 unspecified atom stereocenters. The Bertz CT molecular complexity index is 317. The molecule has 0 fully saturated rings. The molecule has 1 aromatic heterocycles. The molecular formula is C16H32N4O. The molecule has 5 nitrogen and oxygen atoms in total.